The van der Waals surface area contributed by atoms with Gasteiger partial charge in [-0.05, 0) is 13.8 Å². The van der Waals surface area contributed by atoms with Crippen LogP contribution < -0.4 is 0 Å². The van der Waals surface area contributed by atoms with Gasteiger partial charge in [-0.3, -0.25) is 4.70 Å². The van der Waals surface area contributed by atoms with Crippen molar-refractivity contribution in [2.24, 2.45) is 0 Å². The third-order valence-corrected chi connectivity index (χ3v) is 1.88. The summed E-state index contributed by atoms with van der Waals surface area (Å²) in [4.78, 5) is 0. The fourth-order valence-electron chi connectivity index (χ4n) is 1.07. The van der Waals surface area contributed by atoms with Crippen LogP contribution in [-0.4, -0.2) is 0 Å². The van der Waals surface area contributed by atoms with Crippen LogP contribution >= 0.6 is 0 Å². The maximum atomic E-state index is 2.08. The van der Waals surface area contributed by atoms with Crippen LogP contribution in [0.2, 0.25) is 0 Å². The van der Waals surface area contributed by atoms with E-state index < -0.39 is 0 Å². The molecule has 0 radical (unpaired) electrons. The summed E-state index contributed by atoms with van der Waals surface area (Å²) in [5.41, 5.74) is 2.64. The van der Waals surface area contributed by atoms with Crippen molar-refractivity contribution in [3.05, 3.63) is 71.8 Å². The average Bonchev–Trinajstić information content (AvgIpc) is 2.21. The van der Waals surface area contributed by atoms with Crippen LogP contribution in [-0.2, 0) is 0 Å². The van der Waals surface area contributed by atoms with Gasteiger partial charge in [0.05, 0.1) is 0 Å². The Labute approximate surface area is 91.0 Å². The molecule has 0 aromatic heterocycles. The highest BCUT2D eigenvalue weighted by Gasteiger charge is 1.72. The Morgan fingerprint density at radius 2 is 0.800 bits per heavy atom. The minimum Gasteiger partial charge on any atom is -0.269 e. The van der Waals surface area contributed by atoms with Crippen molar-refractivity contribution >= 4 is 0 Å². The highest BCUT2D eigenvalue weighted by molar-refractivity contribution is 5.12. The second kappa shape index (κ2) is 7.74. The van der Waals surface area contributed by atoms with Crippen molar-refractivity contribution in [1.29, 1.82) is 0 Å². The van der Waals surface area contributed by atoms with Crippen molar-refractivity contribution in [2.75, 3.05) is 0 Å². The van der Waals surface area contributed by atoms with Crippen LogP contribution in [0.15, 0.2) is 60.7 Å². The van der Waals surface area contributed by atoms with Crippen LogP contribution in [0.25, 0.3) is 0 Å². The van der Waals surface area contributed by atoms with Gasteiger partial charge in [0.25, 0.3) is 0 Å². The highest BCUT2D eigenvalue weighted by Crippen LogP contribution is 1.92. The second-order valence-corrected chi connectivity index (χ2v) is 3.31. The third-order valence-electron chi connectivity index (χ3n) is 1.88. The molecule has 0 aliphatic carbocycles. The van der Waals surface area contributed by atoms with E-state index >= 15 is 0 Å². The Hall–Kier alpha value is -1.63. The predicted octanol–water partition coefficient (Wildman–Crippen LogP) is 4.14. The lowest BCUT2D eigenvalue weighted by molar-refractivity contribution is 1.11. The first-order chi connectivity index (χ1) is 6.79. The number of halogens is 1. The van der Waals surface area contributed by atoms with Gasteiger partial charge >= 0.3 is 0 Å². The van der Waals surface area contributed by atoms with E-state index in [1.54, 1.807) is 0 Å². The lowest BCUT2D eigenvalue weighted by Crippen LogP contribution is -1.62. The largest absolute Gasteiger partial charge is 0.269 e. The summed E-state index contributed by atoms with van der Waals surface area (Å²) in [7, 11) is 0. The quantitative estimate of drug-likeness (QED) is 0.605. The number of rotatable bonds is 0. The minimum atomic E-state index is 0. The van der Waals surface area contributed by atoms with Gasteiger partial charge in [0.15, 0.2) is 0 Å². The van der Waals surface area contributed by atoms with Gasteiger partial charge in [0.1, 0.15) is 0 Å². The van der Waals surface area contributed by atoms with Crippen LogP contribution in [0, 0.1) is 13.8 Å². The van der Waals surface area contributed by atoms with Crippen LogP contribution in [0.1, 0.15) is 11.1 Å². The zero-order chi connectivity index (χ0) is 10.2. The first-order valence-electron chi connectivity index (χ1n) is 4.82. The van der Waals surface area contributed by atoms with Gasteiger partial charge in [-0.25, -0.2) is 0 Å². The standard InChI is InChI=1S/2C7H8.FH/c2*1-7-5-3-2-4-6-7;/h2*2-6H,1H3;1H. The zero-order valence-corrected chi connectivity index (χ0v) is 9.18. The lowest BCUT2D eigenvalue weighted by Gasteiger charge is -1.82. The first-order valence-corrected chi connectivity index (χ1v) is 4.82. The molecule has 0 unspecified atom stereocenters. The molecular weight excluding hydrogens is 187 g/mol. The average molecular weight is 204 g/mol. The first kappa shape index (κ1) is 13.4. The van der Waals surface area contributed by atoms with Gasteiger partial charge in [0.2, 0.25) is 0 Å². The maximum absolute atomic E-state index is 2.08. The Bertz CT molecular complexity index is 303. The molecule has 0 nitrogen and oxygen atoms in total. The van der Waals surface area contributed by atoms with Gasteiger partial charge < -0.3 is 0 Å². The molecule has 15 heavy (non-hydrogen) atoms. The highest BCUT2D eigenvalue weighted by atomic mass is 19.0. The Balaban J connectivity index is 0.000000245. The SMILES string of the molecule is Cc1ccccc1.Cc1ccccc1.F. The van der Waals surface area contributed by atoms with E-state index in [1.165, 1.54) is 11.1 Å². The van der Waals surface area contributed by atoms with E-state index in [4.69, 9.17) is 0 Å². The van der Waals surface area contributed by atoms with E-state index in [0.717, 1.165) is 0 Å². The second-order valence-electron chi connectivity index (χ2n) is 3.31. The molecule has 80 valence electrons. The van der Waals surface area contributed by atoms with Crippen molar-refractivity contribution in [3.63, 3.8) is 0 Å². The van der Waals surface area contributed by atoms with Crippen LogP contribution in [0.5, 0.6) is 0 Å². The molecule has 2 rings (SSSR count). The number of aryl methyl sites for hydroxylation is 2. The molecule has 0 amide bonds. The maximum Gasteiger partial charge on any atom is -0.0398 e. The van der Waals surface area contributed by atoms with E-state index in [-0.39, 0.29) is 4.70 Å². The molecular formula is C14H17F. The predicted molar refractivity (Wildman–Crippen MR) is 64.9 cm³/mol. The summed E-state index contributed by atoms with van der Waals surface area (Å²) in [5.74, 6) is 0. The molecule has 0 N–H and O–H groups in total. The Morgan fingerprint density at radius 1 is 0.533 bits per heavy atom. The molecule has 0 heterocycles. The Kier molecular flexibility index (Phi) is 6.90. The molecule has 0 spiro atoms. The molecule has 0 atom stereocenters. The van der Waals surface area contributed by atoms with Crippen LogP contribution in [0.3, 0.4) is 0 Å². The number of hydrogen-bond acceptors (Lipinski definition) is 0. The summed E-state index contributed by atoms with van der Waals surface area (Å²) >= 11 is 0. The van der Waals surface area contributed by atoms with Crippen molar-refractivity contribution in [1.82, 2.24) is 0 Å². The molecule has 0 bridgehead atoms. The molecule has 1 heteroatoms. The van der Waals surface area contributed by atoms with E-state index in [9.17, 15) is 0 Å². The van der Waals surface area contributed by atoms with Gasteiger partial charge in [-0.2, -0.15) is 0 Å². The smallest absolute Gasteiger partial charge is 0.0398 e. The van der Waals surface area contributed by atoms with Gasteiger partial charge in [-0.15, -0.1) is 0 Å². The Morgan fingerprint density at radius 3 is 0.933 bits per heavy atom. The summed E-state index contributed by atoms with van der Waals surface area (Å²) in [5, 5.41) is 0. The number of benzene rings is 2. The molecule has 0 fully saturated rings. The molecule has 2 aromatic carbocycles. The van der Waals surface area contributed by atoms with Gasteiger partial charge in [0, 0.05) is 0 Å². The fraction of sp³-hybridized carbons (Fsp3) is 0.143. The van der Waals surface area contributed by atoms with E-state index in [2.05, 4.69) is 38.1 Å². The monoisotopic (exact) mass is 204 g/mol. The van der Waals surface area contributed by atoms with Crippen molar-refractivity contribution < 1.29 is 4.70 Å². The van der Waals surface area contributed by atoms with E-state index in [1.807, 2.05) is 36.4 Å². The summed E-state index contributed by atoms with van der Waals surface area (Å²) in [6.45, 7) is 4.17. The molecule has 0 saturated carbocycles. The van der Waals surface area contributed by atoms with Gasteiger partial charge in [-0.1, -0.05) is 71.8 Å². The molecule has 0 saturated heterocycles. The topological polar surface area (TPSA) is 0 Å². The third kappa shape index (κ3) is 6.44. The molecule has 2 aromatic rings. The molecule has 0 aliphatic heterocycles. The summed E-state index contributed by atoms with van der Waals surface area (Å²) < 4.78 is 0. The van der Waals surface area contributed by atoms with E-state index in [0.29, 0.717) is 0 Å². The fourth-order valence-corrected chi connectivity index (χ4v) is 1.07. The zero-order valence-electron chi connectivity index (χ0n) is 9.18. The van der Waals surface area contributed by atoms with Crippen molar-refractivity contribution in [3.8, 4) is 0 Å². The normalized spacial score (nSPS) is 8.13. The molecule has 0 aliphatic rings. The minimum absolute atomic E-state index is 0. The lowest BCUT2D eigenvalue weighted by atomic mass is 10.2. The summed E-state index contributed by atoms with van der Waals surface area (Å²) in [6.07, 6.45) is 0. The number of hydrogen-bond donors (Lipinski definition) is 0. The van der Waals surface area contributed by atoms with Crippen LogP contribution in [0.4, 0.5) is 4.70 Å². The van der Waals surface area contributed by atoms with Crippen molar-refractivity contribution in [2.45, 2.75) is 13.8 Å². The summed E-state index contributed by atoms with van der Waals surface area (Å²) in [6, 6.07) is 20.5.